The van der Waals surface area contributed by atoms with Gasteiger partial charge in [-0.1, -0.05) is 27.2 Å². The van der Waals surface area contributed by atoms with E-state index < -0.39 is 0 Å². The van der Waals surface area contributed by atoms with E-state index >= 15 is 0 Å². The molecule has 2 amide bonds. The zero-order valence-electron chi connectivity index (χ0n) is 13.8. The highest BCUT2D eigenvalue weighted by atomic mass is 16.3. The van der Waals surface area contributed by atoms with Crippen LogP contribution in [0.2, 0.25) is 0 Å². The summed E-state index contributed by atoms with van der Waals surface area (Å²) in [6.07, 6.45) is 3.04. The molecular formula is C17H26N2O3. The number of hydrogen-bond acceptors (Lipinski definition) is 3. The van der Waals surface area contributed by atoms with Crippen molar-refractivity contribution in [2.75, 3.05) is 11.9 Å². The fourth-order valence-corrected chi connectivity index (χ4v) is 2.08. The van der Waals surface area contributed by atoms with Gasteiger partial charge in [0.15, 0.2) is 0 Å². The van der Waals surface area contributed by atoms with Crippen molar-refractivity contribution < 1.29 is 14.7 Å². The van der Waals surface area contributed by atoms with E-state index in [1.165, 1.54) is 19.1 Å². The molecule has 0 unspecified atom stereocenters. The Bertz CT molecular complexity index is 533. The number of anilines is 1. The Labute approximate surface area is 132 Å². The van der Waals surface area contributed by atoms with Gasteiger partial charge in [-0.3, -0.25) is 9.59 Å². The predicted molar refractivity (Wildman–Crippen MR) is 88.0 cm³/mol. The van der Waals surface area contributed by atoms with Crippen molar-refractivity contribution in [3.63, 3.8) is 0 Å². The first kappa shape index (κ1) is 18.0. The number of phenolic OH excluding ortho intramolecular Hbond substituents is 1. The van der Waals surface area contributed by atoms with Gasteiger partial charge in [0.1, 0.15) is 5.75 Å². The molecular weight excluding hydrogens is 280 g/mol. The van der Waals surface area contributed by atoms with Crippen LogP contribution >= 0.6 is 0 Å². The number of hydrogen-bond donors (Lipinski definition) is 3. The van der Waals surface area contributed by atoms with Gasteiger partial charge in [-0.15, -0.1) is 0 Å². The number of nitrogens with one attached hydrogen (secondary N) is 2. The molecule has 1 aromatic rings. The zero-order valence-corrected chi connectivity index (χ0v) is 13.8. The minimum absolute atomic E-state index is 0.0960. The Morgan fingerprint density at radius 2 is 1.86 bits per heavy atom. The van der Waals surface area contributed by atoms with Crippen LogP contribution in [0.5, 0.6) is 5.75 Å². The van der Waals surface area contributed by atoms with Crippen LogP contribution in [-0.2, 0) is 4.79 Å². The van der Waals surface area contributed by atoms with Crippen molar-refractivity contribution in [3.8, 4) is 5.75 Å². The Morgan fingerprint density at radius 1 is 1.18 bits per heavy atom. The summed E-state index contributed by atoms with van der Waals surface area (Å²) in [5, 5.41) is 15.2. The van der Waals surface area contributed by atoms with Crippen LogP contribution in [0, 0.1) is 5.41 Å². The van der Waals surface area contributed by atoms with Gasteiger partial charge in [-0.05, 0) is 36.5 Å². The van der Waals surface area contributed by atoms with E-state index in [0.717, 1.165) is 19.3 Å². The van der Waals surface area contributed by atoms with Gasteiger partial charge in [0.25, 0.3) is 5.91 Å². The normalized spacial score (nSPS) is 11.1. The molecule has 0 saturated heterocycles. The summed E-state index contributed by atoms with van der Waals surface area (Å²) in [4.78, 5) is 23.1. The SMILES string of the molecule is CC(=O)Nc1ccc(O)c(C(=O)NCCCCC(C)(C)C)c1. The van der Waals surface area contributed by atoms with Gasteiger partial charge >= 0.3 is 0 Å². The number of phenols is 1. The smallest absolute Gasteiger partial charge is 0.255 e. The van der Waals surface area contributed by atoms with Crippen molar-refractivity contribution in [1.82, 2.24) is 5.32 Å². The van der Waals surface area contributed by atoms with E-state index in [-0.39, 0.29) is 23.1 Å². The van der Waals surface area contributed by atoms with E-state index in [0.29, 0.717) is 17.6 Å². The molecule has 0 atom stereocenters. The molecule has 0 bridgehead atoms. The summed E-state index contributed by atoms with van der Waals surface area (Å²) in [5.41, 5.74) is 0.958. The van der Waals surface area contributed by atoms with Gasteiger partial charge < -0.3 is 15.7 Å². The number of amides is 2. The molecule has 1 rings (SSSR count). The lowest BCUT2D eigenvalue weighted by atomic mass is 9.90. The first-order valence-electron chi connectivity index (χ1n) is 7.58. The molecule has 0 spiro atoms. The lowest BCUT2D eigenvalue weighted by Crippen LogP contribution is -2.25. The Hall–Kier alpha value is -2.04. The average molecular weight is 306 g/mol. The Balaban J connectivity index is 2.53. The minimum atomic E-state index is -0.333. The van der Waals surface area contributed by atoms with Crippen molar-refractivity contribution in [3.05, 3.63) is 23.8 Å². The molecule has 0 aliphatic heterocycles. The zero-order chi connectivity index (χ0) is 16.8. The third kappa shape index (κ3) is 6.61. The summed E-state index contributed by atoms with van der Waals surface area (Å²) < 4.78 is 0. The minimum Gasteiger partial charge on any atom is -0.507 e. The average Bonchev–Trinajstić information content (AvgIpc) is 2.38. The topological polar surface area (TPSA) is 78.4 Å². The molecule has 5 nitrogen and oxygen atoms in total. The molecule has 0 fully saturated rings. The monoisotopic (exact) mass is 306 g/mol. The van der Waals surface area contributed by atoms with Gasteiger partial charge in [0.05, 0.1) is 5.56 Å². The van der Waals surface area contributed by atoms with Crippen molar-refractivity contribution in [2.24, 2.45) is 5.41 Å². The molecule has 0 aliphatic carbocycles. The molecule has 0 radical (unpaired) electrons. The van der Waals surface area contributed by atoms with Gasteiger partial charge in [0.2, 0.25) is 5.91 Å². The third-order valence-corrected chi connectivity index (χ3v) is 3.20. The highest BCUT2D eigenvalue weighted by Crippen LogP contribution is 2.22. The van der Waals surface area contributed by atoms with Crippen molar-refractivity contribution in [2.45, 2.75) is 47.0 Å². The first-order chi connectivity index (χ1) is 10.2. The summed E-state index contributed by atoms with van der Waals surface area (Å²) in [7, 11) is 0. The maximum Gasteiger partial charge on any atom is 0.255 e. The molecule has 0 aromatic heterocycles. The van der Waals surface area contributed by atoms with Crippen LogP contribution in [0.25, 0.3) is 0 Å². The number of carbonyl (C=O) groups is 2. The highest BCUT2D eigenvalue weighted by Gasteiger charge is 2.13. The molecule has 5 heteroatoms. The quantitative estimate of drug-likeness (QED) is 0.557. The van der Waals surface area contributed by atoms with Crippen LogP contribution in [0.3, 0.4) is 0 Å². The first-order valence-corrected chi connectivity index (χ1v) is 7.58. The summed E-state index contributed by atoms with van der Waals surface area (Å²) in [6.45, 7) is 8.53. The molecule has 0 aliphatic rings. The largest absolute Gasteiger partial charge is 0.507 e. The fraction of sp³-hybridized carbons (Fsp3) is 0.529. The second-order valence-corrected chi connectivity index (χ2v) is 6.69. The standard InChI is InChI=1S/C17H26N2O3/c1-12(20)19-13-7-8-15(21)14(11-13)16(22)18-10-6-5-9-17(2,3)4/h7-8,11,21H,5-6,9-10H2,1-4H3,(H,18,22)(H,19,20). The van der Waals surface area contributed by atoms with E-state index in [1.54, 1.807) is 6.07 Å². The summed E-state index contributed by atoms with van der Waals surface area (Å²) in [6, 6.07) is 4.43. The number of carbonyl (C=O) groups excluding carboxylic acids is 2. The lowest BCUT2D eigenvalue weighted by molar-refractivity contribution is -0.114. The van der Waals surface area contributed by atoms with Crippen LogP contribution in [0.15, 0.2) is 18.2 Å². The van der Waals surface area contributed by atoms with Crippen molar-refractivity contribution >= 4 is 17.5 Å². The van der Waals surface area contributed by atoms with Gasteiger partial charge in [0, 0.05) is 19.2 Å². The number of unbranched alkanes of at least 4 members (excludes halogenated alkanes) is 1. The number of benzene rings is 1. The molecule has 3 N–H and O–H groups in total. The Morgan fingerprint density at radius 3 is 2.45 bits per heavy atom. The second-order valence-electron chi connectivity index (χ2n) is 6.69. The summed E-state index contributed by atoms with van der Waals surface area (Å²) >= 11 is 0. The summed E-state index contributed by atoms with van der Waals surface area (Å²) in [5.74, 6) is -0.652. The number of aromatic hydroxyl groups is 1. The third-order valence-electron chi connectivity index (χ3n) is 3.20. The Kier molecular flexibility index (Phi) is 6.40. The van der Waals surface area contributed by atoms with Crippen LogP contribution < -0.4 is 10.6 Å². The molecule has 122 valence electrons. The molecule has 1 aromatic carbocycles. The van der Waals surface area contributed by atoms with Gasteiger partial charge in [-0.25, -0.2) is 0 Å². The molecule has 0 heterocycles. The van der Waals surface area contributed by atoms with Crippen molar-refractivity contribution in [1.29, 1.82) is 0 Å². The van der Waals surface area contributed by atoms with E-state index in [4.69, 9.17) is 0 Å². The second kappa shape index (κ2) is 7.82. The maximum absolute atomic E-state index is 12.1. The van der Waals surface area contributed by atoms with Crippen LogP contribution in [0.4, 0.5) is 5.69 Å². The van der Waals surface area contributed by atoms with Crippen LogP contribution in [0.1, 0.15) is 57.3 Å². The predicted octanol–water partition coefficient (Wildman–Crippen LogP) is 3.30. The molecule has 0 saturated carbocycles. The van der Waals surface area contributed by atoms with Crippen LogP contribution in [-0.4, -0.2) is 23.5 Å². The highest BCUT2D eigenvalue weighted by molar-refractivity contribution is 5.99. The maximum atomic E-state index is 12.1. The lowest BCUT2D eigenvalue weighted by Gasteiger charge is -2.17. The fourth-order valence-electron chi connectivity index (χ4n) is 2.08. The van der Waals surface area contributed by atoms with Gasteiger partial charge in [-0.2, -0.15) is 0 Å². The van der Waals surface area contributed by atoms with E-state index in [1.807, 2.05) is 0 Å². The number of rotatable bonds is 6. The molecule has 22 heavy (non-hydrogen) atoms. The van der Waals surface area contributed by atoms with E-state index in [9.17, 15) is 14.7 Å². The van der Waals surface area contributed by atoms with E-state index in [2.05, 4.69) is 31.4 Å².